The summed E-state index contributed by atoms with van der Waals surface area (Å²) in [5, 5.41) is 13.7. The quantitative estimate of drug-likeness (QED) is 0.249. The molecule has 10 nitrogen and oxygen atoms in total. The van der Waals surface area contributed by atoms with Crippen molar-refractivity contribution in [2.75, 3.05) is 26.1 Å². The first-order chi connectivity index (χ1) is 14.8. The summed E-state index contributed by atoms with van der Waals surface area (Å²) in [6, 6.07) is 10.5. The third kappa shape index (κ3) is 7.11. The first-order valence-electron chi connectivity index (χ1n) is 9.29. The number of benzene rings is 2. The minimum Gasteiger partial charge on any atom is -0.497 e. The highest BCUT2D eigenvalue weighted by molar-refractivity contribution is 5.98. The molecule has 1 amide bonds. The highest BCUT2D eigenvalue weighted by atomic mass is 16.6. The van der Waals surface area contributed by atoms with Gasteiger partial charge in [-0.2, -0.15) is 0 Å². The molecule has 0 aliphatic heterocycles. The van der Waals surface area contributed by atoms with Gasteiger partial charge < -0.3 is 19.5 Å². The molecule has 0 saturated carbocycles. The van der Waals surface area contributed by atoms with E-state index in [1.807, 2.05) is 0 Å². The Bertz CT molecular complexity index is 956. The van der Waals surface area contributed by atoms with Crippen LogP contribution in [0.25, 0.3) is 0 Å². The number of nitro groups is 1. The number of amides is 1. The summed E-state index contributed by atoms with van der Waals surface area (Å²) in [7, 11) is 2.82. The molecule has 0 bridgehead atoms. The Hall–Kier alpha value is -3.95. The molecule has 0 aliphatic carbocycles. The van der Waals surface area contributed by atoms with Crippen LogP contribution in [0.15, 0.2) is 42.5 Å². The lowest BCUT2D eigenvalue weighted by atomic mass is 10.1. The Morgan fingerprint density at radius 3 is 2.32 bits per heavy atom. The van der Waals surface area contributed by atoms with Crippen molar-refractivity contribution in [3.05, 3.63) is 58.1 Å². The number of nitrogens with one attached hydrogen (secondary N) is 1. The van der Waals surface area contributed by atoms with Gasteiger partial charge in [0.1, 0.15) is 5.75 Å². The third-order valence-electron chi connectivity index (χ3n) is 4.22. The molecule has 164 valence electrons. The van der Waals surface area contributed by atoms with Crippen molar-refractivity contribution in [1.82, 2.24) is 0 Å². The van der Waals surface area contributed by atoms with Crippen molar-refractivity contribution in [3.63, 3.8) is 0 Å². The summed E-state index contributed by atoms with van der Waals surface area (Å²) in [4.78, 5) is 46.2. The van der Waals surface area contributed by atoms with Crippen LogP contribution >= 0.6 is 0 Å². The summed E-state index contributed by atoms with van der Waals surface area (Å²) in [6.07, 6.45) is 0.287. The molecular formula is C21H22N2O8. The van der Waals surface area contributed by atoms with Gasteiger partial charge in [-0.15, -0.1) is 0 Å². The van der Waals surface area contributed by atoms with Crippen molar-refractivity contribution >= 4 is 29.0 Å². The van der Waals surface area contributed by atoms with Gasteiger partial charge in [0, 0.05) is 30.2 Å². The summed E-state index contributed by atoms with van der Waals surface area (Å²) in [5.74, 6) is -0.810. The highest BCUT2D eigenvalue weighted by Gasteiger charge is 2.19. The topological polar surface area (TPSA) is 134 Å². The highest BCUT2D eigenvalue weighted by Crippen LogP contribution is 2.27. The molecule has 0 radical (unpaired) electrons. The standard InChI is InChI=1S/C21H22N2O8/c1-29-16-9-7-15(8-10-16)22-20(25)4-3-5-21(26)31-13-18(24)14-6-11-19(30-2)17(12-14)23(27)28/h6-12H,3-5,13H2,1-2H3,(H,22,25). The summed E-state index contributed by atoms with van der Waals surface area (Å²) in [5.41, 5.74) is 0.272. The van der Waals surface area contributed by atoms with E-state index in [1.54, 1.807) is 31.4 Å². The molecule has 2 aromatic carbocycles. The Balaban J connectivity index is 1.75. The summed E-state index contributed by atoms with van der Waals surface area (Å²) < 4.78 is 14.8. The molecule has 0 aliphatic rings. The number of methoxy groups -OCH3 is 2. The van der Waals surface area contributed by atoms with E-state index in [0.29, 0.717) is 11.4 Å². The minimum absolute atomic E-state index is 0.0199. The zero-order valence-electron chi connectivity index (χ0n) is 17.1. The Morgan fingerprint density at radius 2 is 1.71 bits per heavy atom. The van der Waals surface area contributed by atoms with Crippen LogP contribution in [0.2, 0.25) is 0 Å². The zero-order valence-corrected chi connectivity index (χ0v) is 17.1. The molecule has 0 unspecified atom stereocenters. The van der Waals surface area contributed by atoms with Crippen LogP contribution in [0.4, 0.5) is 11.4 Å². The van der Waals surface area contributed by atoms with Crippen LogP contribution in [-0.4, -0.2) is 43.4 Å². The fourth-order valence-electron chi connectivity index (χ4n) is 2.60. The van der Waals surface area contributed by atoms with Crippen molar-refractivity contribution in [2.45, 2.75) is 19.3 Å². The fourth-order valence-corrected chi connectivity index (χ4v) is 2.60. The van der Waals surface area contributed by atoms with E-state index in [1.165, 1.54) is 19.2 Å². The second-order valence-electron chi connectivity index (χ2n) is 6.36. The van der Waals surface area contributed by atoms with Gasteiger partial charge >= 0.3 is 11.7 Å². The number of carbonyl (C=O) groups is 3. The van der Waals surface area contributed by atoms with E-state index in [4.69, 9.17) is 14.2 Å². The average Bonchev–Trinajstić information content (AvgIpc) is 2.77. The summed E-state index contributed by atoms with van der Waals surface area (Å²) >= 11 is 0. The lowest BCUT2D eigenvalue weighted by Gasteiger charge is -2.07. The molecule has 2 aromatic rings. The first kappa shape index (κ1) is 23.3. The zero-order chi connectivity index (χ0) is 22.8. The smallest absolute Gasteiger partial charge is 0.311 e. The summed E-state index contributed by atoms with van der Waals surface area (Å²) in [6.45, 7) is -0.555. The van der Waals surface area contributed by atoms with Crippen molar-refractivity contribution in [3.8, 4) is 11.5 Å². The number of ether oxygens (including phenoxy) is 3. The molecule has 0 heterocycles. The van der Waals surface area contributed by atoms with E-state index in [9.17, 15) is 24.5 Å². The first-order valence-corrected chi connectivity index (χ1v) is 9.29. The number of rotatable bonds is 11. The Morgan fingerprint density at radius 1 is 1.00 bits per heavy atom. The molecule has 0 spiro atoms. The van der Waals surface area contributed by atoms with Crippen LogP contribution in [0.3, 0.4) is 0 Å². The van der Waals surface area contributed by atoms with Gasteiger partial charge in [0.2, 0.25) is 11.7 Å². The fraction of sp³-hybridized carbons (Fsp3) is 0.286. The molecule has 0 aromatic heterocycles. The van der Waals surface area contributed by atoms with E-state index in [-0.39, 0.29) is 42.2 Å². The number of ketones is 1. The lowest BCUT2D eigenvalue weighted by Crippen LogP contribution is -2.15. The number of Topliss-reactive ketones (excluding diaryl/α,β-unsaturated/α-hetero) is 1. The maximum atomic E-state index is 12.1. The number of carbonyl (C=O) groups excluding carboxylic acids is 3. The van der Waals surface area contributed by atoms with Crippen LogP contribution in [0.5, 0.6) is 11.5 Å². The van der Waals surface area contributed by atoms with Crippen LogP contribution in [-0.2, 0) is 14.3 Å². The monoisotopic (exact) mass is 430 g/mol. The van der Waals surface area contributed by atoms with Crippen LogP contribution in [0.1, 0.15) is 29.6 Å². The molecule has 0 saturated heterocycles. The van der Waals surface area contributed by atoms with Gasteiger partial charge in [0.25, 0.3) is 0 Å². The van der Waals surface area contributed by atoms with Gasteiger partial charge in [0.05, 0.1) is 19.1 Å². The van der Waals surface area contributed by atoms with E-state index < -0.39 is 23.3 Å². The third-order valence-corrected chi connectivity index (χ3v) is 4.22. The maximum Gasteiger partial charge on any atom is 0.311 e. The number of hydrogen-bond donors (Lipinski definition) is 1. The number of esters is 1. The normalized spacial score (nSPS) is 10.1. The van der Waals surface area contributed by atoms with Crippen LogP contribution < -0.4 is 14.8 Å². The van der Waals surface area contributed by atoms with Crippen molar-refractivity contribution in [1.29, 1.82) is 0 Å². The SMILES string of the molecule is COc1ccc(NC(=O)CCCC(=O)OCC(=O)c2ccc(OC)c([N+](=O)[O-])c2)cc1. The molecule has 31 heavy (non-hydrogen) atoms. The molecule has 1 N–H and O–H groups in total. The Labute approximate surface area is 178 Å². The minimum atomic E-state index is -0.668. The second-order valence-corrected chi connectivity index (χ2v) is 6.36. The largest absolute Gasteiger partial charge is 0.497 e. The van der Waals surface area contributed by atoms with Gasteiger partial charge in [0.15, 0.2) is 12.4 Å². The molecule has 0 fully saturated rings. The van der Waals surface area contributed by atoms with Gasteiger partial charge in [-0.25, -0.2) is 0 Å². The maximum absolute atomic E-state index is 12.1. The predicted octanol–water partition coefficient (Wildman–Crippen LogP) is 3.15. The Kier molecular flexibility index (Phi) is 8.50. The van der Waals surface area contributed by atoms with E-state index in [2.05, 4.69) is 5.32 Å². The molecule has 10 heteroatoms. The number of nitrogens with zero attached hydrogens (tertiary/aromatic N) is 1. The average molecular weight is 430 g/mol. The van der Waals surface area contributed by atoms with Gasteiger partial charge in [-0.05, 0) is 42.8 Å². The number of nitro benzene ring substituents is 1. The lowest BCUT2D eigenvalue weighted by molar-refractivity contribution is -0.385. The number of hydrogen-bond acceptors (Lipinski definition) is 8. The van der Waals surface area contributed by atoms with Gasteiger partial charge in [-0.3, -0.25) is 24.5 Å². The molecule has 0 atom stereocenters. The van der Waals surface area contributed by atoms with Crippen LogP contribution in [0, 0.1) is 10.1 Å². The van der Waals surface area contributed by atoms with Crippen molar-refractivity contribution in [2.24, 2.45) is 0 Å². The van der Waals surface area contributed by atoms with Crippen molar-refractivity contribution < 1.29 is 33.5 Å². The molecule has 2 rings (SSSR count). The number of anilines is 1. The second kappa shape index (κ2) is 11.3. The molecular weight excluding hydrogens is 408 g/mol. The van der Waals surface area contributed by atoms with E-state index in [0.717, 1.165) is 6.07 Å². The van der Waals surface area contributed by atoms with Gasteiger partial charge in [-0.1, -0.05) is 0 Å². The van der Waals surface area contributed by atoms with E-state index >= 15 is 0 Å². The predicted molar refractivity (Wildman–Crippen MR) is 110 cm³/mol.